The highest BCUT2D eigenvalue weighted by Gasteiger charge is 2.15. The van der Waals surface area contributed by atoms with Crippen LogP contribution in [0, 0.1) is 6.92 Å². The zero-order chi connectivity index (χ0) is 16.9. The van der Waals surface area contributed by atoms with Gasteiger partial charge in [0.15, 0.2) is 0 Å². The number of anilines is 2. The molecule has 0 aliphatic carbocycles. The third-order valence-electron chi connectivity index (χ3n) is 4.19. The molecular formula is C18H21BrN4O. The predicted molar refractivity (Wildman–Crippen MR) is 99.5 cm³/mol. The summed E-state index contributed by atoms with van der Waals surface area (Å²) < 4.78 is 0.859. The Bertz CT molecular complexity index is 727. The molecule has 126 valence electrons. The smallest absolute Gasteiger partial charge is 0.274 e. The van der Waals surface area contributed by atoms with Crippen molar-refractivity contribution in [1.29, 1.82) is 0 Å². The Kier molecular flexibility index (Phi) is 5.45. The van der Waals surface area contributed by atoms with E-state index >= 15 is 0 Å². The van der Waals surface area contributed by atoms with Gasteiger partial charge in [-0.25, -0.2) is 9.97 Å². The van der Waals surface area contributed by atoms with Gasteiger partial charge >= 0.3 is 0 Å². The first-order valence-corrected chi connectivity index (χ1v) is 9.07. The lowest BCUT2D eigenvalue weighted by atomic mass is 10.2. The molecule has 1 amide bonds. The largest absolute Gasteiger partial charge is 0.357 e. The molecule has 1 fully saturated rings. The molecule has 1 aliphatic rings. The summed E-state index contributed by atoms with van der Waals surface area (Å²) in [6, 6.07) is 7.60. The fourth-order valence-corrected chi connectivity index (χ4v) is 3.44. The number of nitrogens with zero attached hydrogens (tertiary/aromatic N) is 3. The van der Waals surface area contributed by atoms with Crippen molar-refractivity contribution < 1.29 is 4.79 Å². The van der Waals surface area contributed by atoms with Crippen LogP contribution in [0.4, 0.5) is 11.5 Å². The van der Waals surface area contributed by atoms with Crippen LogP contribution in [0.2, 0.25) is 0 Å². The molecule has 24 heavy (non-hydrogen) atoms. The number of carbonyl (C=O) groups excluding carboxylic acids is 1. The number of halogens is 1. The van der Waals surface area contributed by atoms with Crippen molar-refractivity contribution in [1.82, 2.24) is 9.97 Å². The summed E-state index contributed by atoms with van der Waals surface area (Å²) in [5.74, 6) is 0.609. The molecule has 1 aromatic carbocycles. The molecule has 0 bridgehead atoms. The topological polar surface area (TPSA) is 58.1 Å². The van der Waals surface area contributed by atoms with Crippen molar-refractivity contribution in [2.45, 2.75) is 32.6 Å². The Morgan fingerprint density at radius 1 is 1.12 bits per heavy atom. The molecule has 5 nitrogen and oxygen atoms in total. The van der Waals surface area contributed by atoms with Gasteiger partial charge < -0.3 is 10.2 Å². The van der Waals surface area contributed by atoms with Gasteiger partial charge in [0.1, 0.15) is 17.8 Å². The molecule has 0 saturated carbocycles. The molecule has 1 N–H and O–H groups in total. The van der Waals surface area contributed by atoms with Crippen molar-refractivity contribution >= 4 is 33.3 Å². The van der Waals surface area contributed by atoms with E-state index in [4.69, 9.17) is 0 Å². The fourth-order valence-electron chi connectivity index (χ4n) is 2.85. The zero-order valence-corrected chi connectivity index (χ0v) is 15.3. The van der Waals surface area contributed by atoms with Crippen molar-refractivity contribution in [3.8, 4) is 0 Å². The van der Waals surface area contributed by atoms with Crippen LogP contribution in [0.25, 0.3) is 0 Å². The van der Waals surface area contributed by atoms with E-state index in [1.807, 2.05) is 25.1 Å². The second-order valence-corrected chi connectivity index (χ2v) is 6.95. The lowest BCUT2D eigenvalue weighted by Gasteiger charge is -2.21. The second kappa shape index (κ2) is 7.75. The van der Waals surface area contributed by atoms with Gasteiger partial charge in [-0.2, -0.15) is 0 Å². The van der Waals surface area contributed by atoms with E-state index in [0.717, 1.165) is 34.6 Å². The van der Waals surface area contributed by atoms with Gasteiger partial charge in [-0.1, -0.05) is 18.9 Å². The van der Waals surface area contributed by atoms with E-state index in [2.05, 4.69) is 36.1 Å². The number of benzene rings is 1. The van der Waals surface area contributed by atoms with Gasteiger partial charge in [0.2, 0.25) is 0 Å². The van der Waals surface area contributed by atoms with E-state index < -0.39 is 0 Å². The summed E-state index contributed by atoms with van der Waals surface area (Å²) >= 11 is 3.48. The maximum atomic E-state index is 12.5. The zero-order valence-electron chi connectivity index (χ0n) is 13.8. The normalized spacial score (nSPS) is 15.0. The summed E-state index contributed by atoms with van der Waals surface area (Å²) in [5.41, 5.74) is 2.25. The van der Waals surface area contributed by atoms with Crippen molar-refractivity contribution in [3.05, 3.63) is 46.3 Å². The van der Waals surface area contributed by atoms with E-state index in [1.165, 1.54) is 32.0 Å². The van der Waals surface area contributed by atoms with Gasteiger partial charge in [0.05, 0.1) is 5.69 Å². The minimum atomic E-state index is -0.224. The van der Waals surface area contributed by atoms with Crippen molar-refractivity contribution in [3.63, 3.8) is 0 Å². The number of nitrogens with one attached hydrogen (secondary N) is 1. The van der Waals surface area contributed by atoms with Gasteiger partial charge in [-0.05, 0) is 53.4 Å². The standard InChI is InChI=1S/C18H21BrN4O/c1-13-6-7-15(14(19)10-13)22-18(24)16-11-17(21-12-20-16)23-8-4-2-3-5-9-23/h6-7,10-12H,2-5,8-9H2,1H3,(H,22,24). The number of aromatic nitrogens is 2. The summed E-state index contributed by atoms with van der Waals surface area (Å²) in [7, 11) is 0. The number of amides is 1. The van der Waals surface area contributed by atoms with Crippen LogP contribution < -0.4 is 10.2 Å². The quantitative estimate of drug-likeness (QED) is 0.856. The minimum Gasteiger partial charge on any atom is -0.357 e. The number of aryl methyl sites for hydroxylation is 1. The van der Waals surface area contributed by atoms with Crippen molar-refractivity contribution in [2.75, 3.05) is 23.3 Å². The van der Waals surface area contributed by atoms with Crippen LogP contribution in [-0.2, 0) is 0 Å². The van der Waals surface area contributed by atoms with Crippen molar-refractivity contribution in [2.24, 2.45) is 0 Å². The monoisotopic (exact) mass is 388 g/mol. The highest BCUT2D eigenvalue weighted by atomic mass is 79.9. The Labute approximate surface area is 150 Å². The highest BCUT2D eigenvalue weighted by molar-refractivity contribution is 9.10. The molecule has 0 unspecified atom stereocenters. The summed E-state index contributed by atoms with van der Waals surface area (Å²) in [4.78, 5) is 23.2. The lowest BCUT2D eigenvalue weighted by Crippen LogP contribution is -2.25. The Hall–Kier alpha value is -1.95. The van der Waals surface area contributed by atoms with E-state index in [-0.39, 0.29) is 5.91 Å². The molecule has 0 atom stereocenters. The number of hydrogen-bond donors (Lipinski definition) is 1. The molecular weight excluding hydrogens is 368 g/mol. The van der Waals surface area contributed by atoms with Gasteiger partial charge in [0.25, 0.3) is 5.91 Å². The van der Waals surface area contributed by atoms with Crippen LogP contribution in [0.5, 0.6) is 0 Å². The molecule has 2 aromatic rings. The van der Waals surface area contributed by atoms with E-state index in [0.29, 0.717) is 5.69 Å². The molecule has 1 saturated heterocycles. The highest BCUT2D eigenvalue weighted by Crippen LogP contribution is 2.24. The minimum absolute atomic E-state index is 0.224. The maximum Gasteiger partial charge on any atom is 0.274 e. The molecule has 0 spiro atoms. The number of carbonyl (C=O) groups is 1. The molecule has 1 aliphatic heterocycles. The first kappa shape index (κ1) is 16.9. The first-order valence-electron chi connectivity index (χ1n) is 8.28. The molecule has 3 rings (SSSR count). The molecule has 6 heteroatoms. The van der Waals surface area contributed by atoms with Gasteiger partial charge in [-0.15, -0.1) is 0 Å². The third kappa shape index (κ3) is 4.12. The van der Waals surface area contributed by atoms with Crippen LogP contribution in [0.3, 0.4) is 0 Å². The van der Waals surface area contributed by atoms with E-state index in [9.17, 15) is 4.79 Å². The molecule has 1 aromatic heterocycles. The predicted octanol–water partition coefficient (Wildman–Crippen LogP) is 4.18. The van der Waals surface area contributed by atoms with Crippen LogP contribution >= 0.6 is 15.9 Å². The van der Waals surface area contributed by atoms with Gasteiger partial charge in [-0.3, -0.25) is 4.79 Å². The van der Waals surface area contributed by atoms with Crippen LogP contribution in [0.1, 0.15) is 41.7 Å². The van der Waals surface area contributed by atoms with Crippen LogP contribution in [-0.4, -0.2) is 29.0 Å². The third-order valence-corrected chi connectivity index (χ3v) is 4.84. The van der Waals surface area contributed by atoms with Crippen LogP contribution in [0.15, 0.2) is 35.1 Å². The average molecular weight is 389 g/mol. The number of rotatable bonds is 3. The number of hydrogen-bond acceptors (Lipinski definition) is 4. The summed E-state index contributed by atoms with van der Waals surface area (Å²) in [6.07, 6.45) is 6.33. The van der Waals surface area contributed by atoms with Gasteiger partial charge in [0, 0.05) is 23.6 Å². The summed E-state index contributed by atoms with van der Waals surface area (Å²) in [5, 5.41) is 2.90. The lowest BCUT2D eigenvalue weighted by molar-refractivity contribution is 0.102. The molecule has 0 radical (unpaired) electrons. The van der Waals surface area contributed by atoms with E-state index in [1.54, 1.807) is 6.07 Å². The fraction of sp³-hybridized carbons (Fsp3) is 0.389. The molecule has 2 heterocycles. The average Bonchev–Trinajstić information content (AvgIpc) is 2.87. The Morgan fingerprint density at radius 3 is 2.58 bits per heavy atom. The Morgan fingerprint density at radius 2 is 1.88 bits per heavy atom. The second-order valence-electron chi connectivity index (χ2n) is 6.10. The first-order chi connectivity index (χ1) is 11.6. The SMILES string of the molecule is Cc1ccc(NC(=O)c2cc(N3CCCCCC3)ncn2)c(Br)c1. The Balaban J connectivity index is 1.76. The summed E-state index contributed by atoms with van der Waals surface area (Å²) in [6.45, 7) is 3.98. The maximum absolute atomic E-state index is 12.5.